The first kappa shape index (κ1) is 16.3. The second kappa shape index (κ2) is 7.00. The number of fused-ring (bicyclic) bond motifs is 1. The highest BCUT2D eigenvalue weighted by Crippen LogP contribution is 2.33. The third-order valence-electron chi connectivity index (χ3n) is 4.78. The molecule has 3 aromatic rings. The van der Waals surface area contributed by atoms with Gasteiger partial charge in [0.1, 0.15) is 5.82 Å². The summed E-state index contributed by atoms with van der Waals surface area (Å²) in [7, 11) is 1.75. The molecule has 0 saturated heterocycles. The van der Waals surface area contributed by atoms with Crippen molar-refractivity contribution in [2.24, 2.45) is 7.05 Å². The lowest BCUT2D eigenvalue weighted by Crippen LogP contribution is -2.21. The fourth-order valence-corrected chi connectivity index (χ4v) is 4.07. The summed E-state index contributed by atoms with van der Waals surface area (Å²) in [4.78, 5) is 17.0. The number of thioether (sulfide) groups is 1. The third kappa shape index (κ3) is 3.33. The van der Waals surface area contributed by atoms with Crippen LogP contribution in [0.5, 0.6) is 0 Å². The molecule has 2 aromatic heterocycles. The first-order chi connectivity index (χ1) is 12.2. The van der Waals surface area contributed by atoms with Crippen LogP contribution in [0.4, 0.5) is 0 Å². The second-order valence-corrected chi connectivity index (χ2v) is 7.37. The van der Waals surface area contributed by atoms with Crippen molar-refractivity contribution in [2.75, 3.05) is 0 Å². The molecule has 1 saturated carbocycles. The predicted molar refractivity (Wildman–Crippen MR) is 96.7 cm³/mol. The van der Waals surface area contributed by atoms with Crippen molar-refractivity contribution >= 4 is 22.7 Å². The lowest BCUT2D eigenvalue weighted by atomic mass is 9.89. The molecule has 2 heterocycles. The molecule has 1 aliphatic carbocycles. The summed E-state index contributed by atoms with van der Waals surface area (Å²) in [5, 5.41) is 9.55. The summed E-state index contributed by atoms with van der Waals surface area (Å²) in [6.45, 7) is 0. The summed E-state index contributed by atoms with van der Waals surface area (Å²) < 4.78 is 7.42. The van der Waals surface area contributed by atoms with E-state index < -0.39 is 0 Å². The number of nitrogens with zero attached hydrogens (tertiary/aromatic N) is 4. The largest absolute Gasteiger partial charge is 0.416 e. The molecule has 0 amide bonds. The van der Waals surface area contributed by atoms with Gasteiger partial charge in [-0.2, -0.15) is 0 Å². The molecule has 0 radical (unpaired) electrons. The van der Waals surface area contributed by atoms with Crippen LogP contribution in [0.25, 0.3) is 10.9 Å². The van der Waals surface area contributed by atoms with Gasteiger partial charge >= 0.3 is 0 Å². The van der Waals surface area contributed by atoms with Gasteiger partial charge in [-0.25, -0.2) is 4.98 Å². The van der Waals surface area contributed by atoms with Crippen LogP contribution in [-0.4, -0.2) is 19.7 Å². The minimum Gasteiger partial charge on any atom is -0.416 e. The van der Waals surface area contributed by atoms with Crippen LogP contribution in [0.2, 0.25) is 0 Å². The molecule has 0 bridgehead atoms. The van der Waals surface area contributed by atoms with E-state index in [4.69, 9.17) is 4.42 Å². The van der Waals surface area contributed by atoms with Crippen LogP contribution in [0.1, 0.15) is 49.7 Å². The topological polar surface area (TPSA) is 73.8 Å². The highest BCUT2D eigenvalue weighted by molar-refractivity contribution is 7.98. The van der Waals surface area contributed by atoms with Gasteiger partial charge in [0.05, 0.1) is 16.7 Å². The van der Waals surface area contributed by atoms with Crippen LogP contribution in [-0.2, 0) is 12.8 Å². The number of para-hydroxylation sites is 1. The Bertz CT molecular complexity index is 944. The molecule has 0 aliphatic heterocycles. The Morgan fingerprint density at radius 3 is 2.84 bits per heavy atom. The van der Waals surface area contributed by atoms with Gasteiger partial charge in [-0.05, 0) is 25.0 Å². The van der Waals surface area contributed by atoms with Crippen molar-refractivity contribution in [3.8, 4) is 0 Å². The molecule has 0 N–H and O–H groups in total. The van der Waals surface area contributed by atoms with Gasteiger partial charge in [0.2, 0.25) is 5.89 Å². The molecular weight excluding hydrogens is 336 g/mol. The zero-order chi connectivity index (χ0) is 17.2. The van der Waals surface area contributed by atoms with E-state index in [0.717, 1.165) is 24.2 Å². The van der Waals surface area contributed by atoms with E-state index in [-0.39, 0.29) is 5.56 Å². The van der Waals surface area contributed by atoms with Crippen LogP contribution in [0.3, 0.4) is 0 Å². The molecule has 0 unspecified atom stereocenters. The maximum absolute atomic E-state index is 12.4. The average molecular weight is 356 g/mol. The first-order valence-electron chi connectivity index (χ1n) is 8.63. The Morgan fingerprint density at radius 2 is 2.00 bits per heavy atom. The standard InChI is InChI=1S/C18H20N4O2S/c1-22-15(19-14-10-6-5-9-13(14)17(22)23)11-25-18-21-20-16(24-18)12-7-3-2-4-8-12/h5-6,9-10,12H,2-4,7-8,11H2,1H3. The molecule has 1 aromatic carbocycles. The maximum atomic E-state index is 12.4. The molecule has 1 aliphatic rings. The fraction of sp³-hybridized carbons (Fsp3) is 0.444. The maximum Gasteiger partial charge on any atom is 0.277 e. The monoisotopic (exact) mass is 356 g/mol. The Morgan fingerprint density at radius 1 is 1.20 bits per heavy atom. The number of aromatic nitrogens is 4. The van der Waals surface area contributed by atoms with Crippen molar-refractivity contribution in [1.82, 2.24) is 19.7 Å². The normalized spacial score (nSPS) is 15.7. The van der Waals surface area contributed by atoms with E-state index in [1.54, 1.807) is 17.7 Å². The predicted octanol–water partition coefficient (Wildman–Crippen LogP) is 3.66. The zero-order valence-corrected chi connectivity index (χ0v) is 15.0. The summed E-state index contributed by atoms with van der Waals surface area (Å²) in [6, 6.07) is 7.40. The summed E-state index contributed by atoms with van der Waals surface area (Å²) >= 11 is 1.43. The van der Waals surface area contributed by atoms with E-state index in [1.165, 1.54) is 31.0 Å². The molecule has 7 heteroatoms. The van der Waals surface area contributed by atoms with Crippen LogP contribution in [0, 0.1) is 0 Å². The molecule has 130 valence electrons. The lowest BCUT2D eigenvalue weighted by Gasteiger charge is -2.17. The van der Waals surface area contributed by atoms with E-state index in [9.17, 15) is 4.79 Å². The first-order valence-corrected chi connectivity index (χ1v) is 9.62. The van der Waals surface area contributed by atoms with Gasteiger partial charge in [0.15, 0.2) is 0 Å². The highest BCUT2D eigenvalue weighted by atomic mass is 32.2. The van der Waals surface area contributed by atoms with Gasteiger partial charge in [-0.3, -0.25) is 9.36 Å². The van der Waals surface area contributed by atoms with Gasteiger partial charge in [0, 0.05) is 13.0 Å². The van der Waals surface area contributed by atoms with Crippen molar-refractivity contribution < 1.29 is 4.42 Å². The van der Waals surface area contributed by atoms with Crippen molar-refractivity contribution in [3.63, 3.8) is 0 Å². The van der Waals surface area contributed by atoms with Gasteiger partial charge in [-0.1, -0.05) is 43.2 Å². The van der Waals surface area contributed by atoms with Crippen molar-refractivity contribution in [3.05, 3.63) is 46.3 Å². The van der Waals surface area contributed by atoms with Crippen molar-refractivity contribution in [1.29, 1.82) is 0 Å². The van der Waals surface area contributed by atoms with E-state index >= 15 is 0 Å². The summed E-state index contributed by atoms with van der Waals surface area (Å²) in [5.74, 6) is 2.37. The van der Waals surface area contributed by atoms with Crippen LogP contribution >= 0.6 is 11.8 Å². The van der Waals surface area contributed by atoms with Gasteiger partial charge < -0.3 is 4.42 Å². The Labute approximate surface area is 149 Å². The number of hydrogen-bond donors (Lipinski definition) is 0. The van der Waals surface area contributed by atoms with E-state index in [0.29, 0.717) is 28.1 Å². The molecule has 4 rings (SSSR count). The molecule has 6 nitrogen and oxygen atoms in total. The molecule has 1 fully saturated rings. The molecule has 0 spiro atoms. The molecular formula is C18H20N4O2S. The highest BCUT2D eigenvalue weighted by Gasteiger charge is 2.21. The fourth-order valence-electron chi connectivity index (χ4n) is 3.31. The Kier molecular flexibility index (Phi) is 4.57. The minimum absolute atomic E-state index is 0.0328. The zero-order valence-electron chi connectivity index (χ0n) is 14.1. The summed E-state index contributed by atoms with van der Waals surface area (Å²) in [5.41, 5.74) is 0.684. The average Bonchev–Trinajstić information content (AvgIpc) is 3.13. The third-order valence-corrected chi connectivity index (χ3v) is 5.59. The minimum atomic E-state index is -0.0328. The SMILES string of the molecule is Cn1c(CSc2nnc(C3CCCCC3)o2)nc2ccccc2c1=O. The number of rotatable bonds is 4. The van der Waals surface area contributed by atoms with E-state index in [2.05, 4.69) is 15.2 Å². The summed E-state index contributed by atoms with van der Waals surface area (Å²) in [6.07, 6.45) is 6.03. The quantitative estimate of drug-likeness (QED) is 0.664. The van der Waals surface area contributed by atoms with Crippen molar-refractivity contribution in [2.45, 2.75) is 49.0 Å². The number of benzene rings is 1. The molecule has 25 heavy (non-hydrogen) atoms. The Balaban J connectivity index is 1.52. The smallest absolute Gasteiger partial charge is 0.277 e. The second-order valence-electron chi connectivity index (χ2n) is 6.44. The van der Waals surface area contributed by atoms with Crippen LogP contribution in [0.15, 0.2) is 38.7 Å². The lowest BCUT2D eigenvalue weighted by molar-refractivity contribution is 0.334. The number of hydrogen-bond acceptors (Lipinski definition) is 6. The molecule has 0 atom stereocenters. The van der Waals surface area contributed by atoms with Gasteiger partial charge in [0.25, 0.3) is 10.8 Å². The van der Waals surface area contributed by atoms with E-state index in [1.807, 2.05) is 18.2 Å². The Hall–Kier alpha value is -2.15. The van der Waals surface area contributed by atoms with Gasteiger partial charge in [-0.15, -0.1) is 10.2 Å². The van der Waals surface area contributed by atoms with Crippen LogP contribution < -0.4 is 5.56 Å².